The van der Waals surface area contributed by atoms with Gasteiger partial charge in [0, 0.05) is 34.6 Å². The van der Waals surface area contributed by atoms with E-state index in [1.165, 1.54) is 179 Å². The molecule has 0 atom stereocenters. The van der Waals surface area contributed by atoms with Gasteiger partial charge in [0.2, 0.25) is 0 Å². The highest BCUT2D eigenvalue weighted by Crippen LogP contribution is 2.56. The second-order valence-corrected chi connectivity index (χ2v) is 26.5. The Labute approximate surface area is 590 Å². The molecule has 99 heavy (non-hydrogen) atoms. The lowest BCUT2D eigenvalue weighted by atomic mass is 9.70. The number of aryl methyl sites for hydroxylation is 1. The van der Waals surface area contributed by atoms with Crippen molar-refractivity contribution in [2.75, 3.05) is 26.4 Å². The second-order valence-electron chi connectivity index (χ2n) is 26.5. The lowest BCUT2D eigenvalue weighted by Gasteiger charge is -2.33. The zero-order valence-corrected chi connectivity index (χ0v) is 60.1. The molecule has 7 aromatic rings. The lowest BCUT2D eigenvalue weighted by molar-refractivity contribution is -0.139. The van der Waals surface area contributed by atoms with Crippen LogP contribution in [-0.2, 0) is 30.9 Å². The van der Waals surface area contributed by atoms with Crippen LogP contribution in [0.15, 0.2) is 173 Å². The van der Waals surface area contributed by atoms with Gasteiger partial charge in [-0.25, -0.2) is 24.0 Å². The molecule has 12 nitrogen and oxygen atoms in total. The van der Waals surface area contributed by atoms with Crippen molar-refractivity contribution in [2.45, 2.75) is 233 Å². The predicted molar refractivity (Wildman–Crippen MR) is 401 cm³/mol. The normalized spacial score (nSPS) is 11.9. The summed E-state index contributed by atoms with van der Waals surface area (Å²) < 4.78 is 38.6. The highest BCUT2D eigenvalue weighted by Gasteiger charge is 2.43. The molecule has 6 aromatic carbocycles. The summed E-state index contributed by atoms with van der Waals surface area (Å²) in [6.07, 6.45) is 38.3. The fourth-order valence-electron chi connectivity index (χ4n) is 12.9. The average Bonchev–Trinajstić information content (AvgIpc) is 1.57. The summed E-state index contributed by atoms with van der Waals surface area (Å²) in [6, 6.07) is 44.9. The fourth-order valence-corrected chi connectivity index (χ4v) is 12.9. The van der Waals surface area contributed by atoms with Crippen molar-refractivity contribution >= 4 is 34.8 Å². The SMILES string of the molecule is C=C(C)C(=O)OCCCCCCOc1ccc(C(=O)Oc2ccc3ccc(=O)oc3c2)cc1.CC=CC(=O)OCCCCCCOc1ccc(C(=O)Oc2ccc3c(c2)C(CCCCCCCC)(CCCCCCCC)c2cc(-c4ccc(CCCCCCCCC)cc4)ccc2-3)cc1. The van der Waals surface area contributed by atoms with Crippen molar-refractivity contribution in [3.05, 3.63) is 202 Å². The second kappa shape index (κ2) is 43.8. The van der Waals surface area contributed by atoms with E-state index in [-0.39, 0.29) is 29.1 Å². The van der Waals surface area contributed by atoms with Crippen molar-refractivity contribution in [3.63, 3.8) is 0 Å². The topological polar surface area (TPSA) is 154 Å². The third-order valence-electron chi connectivity index (χ3n) is 18.5. The Morgan fingerprint density at radius 2 is 0.879 bits per heavy atom. The van der Waals surface area contributed by atoms with E-state index in [4.69, 9.17) is 32.8 Å². The van der Waals surface area contributed by atoms with Crippen LogP contribution in [0.4, 0.5) is 0 Å². The molecule has 0 spiro atoms. The number of unbranched alkanes of at least 4 members (excludes halogenated alkanes) is 22. The van der Waals surface area contributed by atoms with E-state index in [9.17, 15) is 24.0 Å². The Bertz CT molecular complexity index is 3650. The Balaban J connectivity index is 0.000000348. The Hall–Kier alpha value is -8.51. The van der Waals surface area contributed by atoms with Gasteiger partial charge in [0.15, 0.2) is 0 Å². The number of allylic oxidation sites excluding steroid dienone is 1. The molecule has 0 saturated carbocycles. The summed E-state index contributed by atoms with van der Waals surface area (Å²) in [5, 5.41) is 0.738. The van der Waals surface area contributed by atoms with Crippen LogP contribution >= 0.6 is 0 Å². The molecule has 1 aliphatic carbocycles. The van der Waals surface area contributed by atoms with Gasteiger partial charge in [-0.1, -0.05) is 191 Å². The molecule has 0 radical (unpaired) electrons. The van der Waals surface area contributed by atoms with Crippen LogP contribution in [0.5, 0.6) is 23.0 Å². The monoisotopic (exact) mass is 1350 g/mol. The van der Waals surface area contributed by atoms with Gasteiger partial charge in [-0.15, -0.1) is 0 Å². The number of rotatable bonds is 45. The fraction of sp³-hybridized carbons (Fsp3) is 0.460. The molecule has 1 aromatic heterocycles. The molecule has 0 N–H and O–H groups in total. The lowest BCUT2D eigenvalue weighted by Crippen LogP contribution is -2.26. The highest BCUT2D eigenvalue weighted by atomic mass is 16.5. The molecule has 0 aliphatic heterocycles. The summed E-state index contributed by atoms with van der Waals surface area (Å²) in [4.78, 5) is 60.2. The number of ether oxygens (including phenoxy) is 6. The highest BCUT2D eigenvalue weighted by molar-refractivity contribution is 5.93. The minimum Gasteiger partial charge on any atom is -0.494 e. The quantitative estimate of drug-likeness (QED) is 0.0117. The van der Waals surface area contributed by atoms with E-state index in [2.05, 4.69) is 81.9 Å². The number of hydrogen-bond acceptors (Lipinski definition) is 12. The first-order valence-electron chi connectivity index (χ1n) is 37.3. The van der Waals surface area contributed by atoms with Crippen LogP contribution in [0.3, 0.4) is 0 Å². The number of hydrogen-bond donors (Lipinski definition) is 0. The Morgan fingerprint density at radius 1 is 0.444 bits per heavy atom. The van der Waals surface area contributed by atoms with Crippen LogP contribution < -0.4 is 24.6 Å². The molecule has 0 amide bonds. The van der Waals surface area contributed by atoms with Crippen molar-refractivity contribution in [1.29, 1.82) is 0 Å². The van der Waals surface area contributed by atoms with Crippen LogP contribution in [0.1, 0.15) is 258 Å². The van der Waals surface area contributed by atoms with Gasteiger partial charge >= 0.3 is 29.5 Å². The molecular weight excluding hydrogens is 1240 g/mol. The predicted octanol–water partition coefficient (Wildman–Crippen LogP) is 22.8. The summed E-state index contributed by atoms with van der Waals surface area (Å²) in [5.74, 6) is 0.771. The molecule has 12 heteroatoms. The Morgan fingerprint density at radius 3 is 1.41 bits per heavy atom. The molecule has 0 saturated heterocycles. The largest absolute Gasteiger partial charge is 0.494 e. The van der Waals surface area contributed by atoms with E-state index >= 15 is 0 Å². The maximum absolute atomic E-state index is 13.7. The van der Waals surface area contributed by atoms with Gasteiger partial charge in [0.1, 0.15) is 28.6 Å². The average molecular weight is 1350 g/mol. The van der Waals surface area contributed by atoms with Gasteiger partial charge < -0.3 is 32.8 Å². The molecule has 8 rings (SSSR count). The van der Waals surface area contributed by atoms with Gasteiger partial charge in [0.05, 0.1) is 37.6 Å². The molecular formula is C87H110O12. The standard InChI is InChI=1S/C61H84O5.C26H26O7/c1-5-9-12-15-18-19-24-30-49-31-33-50(34-32-49)52-37-41-55-56-42-40-54(66-60(63)51-35-38-53(39-36-51)64-45-27-22-23-28-46-65-59(62)29-8-4)48-58(56)61(57(55)47-52,43-25-20-16-13-10-6-2)44-26-21-17-14-11-7-3;1-18(2)25(28)31-16-6-4-3-5-15-30-21-11-8-20(9-12-21)26(29)32-22-13-7-19-10-14-24(27)33-23(19)17-22/h8,29,31-42,47-48H,5-7,9-28,30,43-46H2,1-4H3;7-14,17H,1,3-6,15-16H2,2H3. The van der Waals surface area contributed by atoms with E-state index in [1.807, 2.05) is 18.2 Å². The zero-order valence-electron chi connectivity index (χ0n) is 60.1. The van der Waals surface area contributed by atoms with E-state index < -0.39 is 11.6 Å². The van der Waals surface area contributed by atoms with E-state index in [0.717, 1.165) is 81.8 Å². The summed E-state index contributed by atoms with van der Waals surface area (Å²) in [5.41, 5.74) is 10.4. The first-order valence-corrected chi connectivity index (χ1v) is 37.3. The number of benzene rings is 6. The number of fused-ring (bicyclic) bond motifs is 4. The third kappa shape index (κ3) is 26.3. The van der Waals surface area contributed by atoms with Crippen LogP contribution in [0.2, 0.25) is 0 Å². The third-order valence-corrected chi connectivity index (χ3v) is 18.5. The van der Waals surface area contributed by atoms with Crippen molar-refractivity contribution in [3.8, 4) is 45.3 Å². The zero-order chi connectivity index (χ0) is 70.3. The number of esters is 4. The summed E-state index contributed by atoms with van der Waals surface area (Å²) in [7, 11) is 0. The van der Waals surface area contributed by atoms with E-state index in [1.54, 1.807) is 74.5 Å². The van der Waals surface area contributed by atoms with Crippen LogP contribution in [0, 0.1) is 0 Å². The van der Waals surface area contributed by atoms with Gasteiger partial charge in [0.25, 0.3) is 0 Å². The molecule has 0 bridgehead atoms. The van der Waals surface area contributed by atoms with Gasteiger partial charge in [-0.3, -0.25) is 0 Å². The number of carbonyl (C=O) groups excluding carboxylic acids is 4. The van der Waals surface area contributed by atoms with Crippen molar-refractivity contribution < 1.29 is 52.0 Å². The van der Waals surface area contributed by atoms with Crippen molar-refractivity contribution in [1.82, 2.24) is 0 Å². The van der Waals surface area contributed by atoms with Gasteiger partial charge in [-0.05, 0) is 215 Å². The maximum atomic E-state index is 13.7. The molecule has 0 unspecified atom stereocenters. The summed E-state index contributed by atoms with van der Waals surface area (Å²) >= 11 is 0. The smallest absolute Gasteiger partial charge is 0.343 e. The summed E-state index contributed by atoms with van der Waals surface area (Å²) in [6.45, 7) is 15.8. The first kappa shape index (κ1) is 77.8. The van der Waals surface area contributed by atoms with Gasteiger partial charge in [-0.2, -0.15) is 0 Å². The minimum atomic E-state index is -0.522. The molecule has 1 heterocycles. The van der Waals surface area contributed by atoms with Crippen LogP contribution in [-0.4, -0.2) is 50.3 Å². The van der Waals surface area contributed by atoms with Crippen molar-refractivity contribution in [2.24, 2.45) is 0 Å². The van der Waals surface area contributed by atoms with Crippen LogP contribution in [0.25, 0.3) is 33.2 Å². The Kier molecular flexibility index (Phi) is 34.4. The maximum Gasteiger partial charge on any atom is 0.343 e. The molecule has 1 aliphatic rings. The van der Waals surface area contributed by atoms with E-state index in [0.29, 0.717) is 60.2 Å². The molecule has 530 valence electrons. The minimum absolute atomic E-state index is 0.145. The first-order chi connectivity index (χ1) is 48.3. The molecule has 0 fully saturated rings. The number of carbonyl (C=O) groups is 4.